The van der Waals surface area contributed by atoms with Crippen LogP contribution in [0.5, 0.6) is 0 Å². The van der Waals surface area contributed by atoms with E-state index >= 15 is 0 Å². The Hall–Kier alpha value is 0.380. The van der Waals surface area contributed by atoms with Gasteiger partial charge in [-0.2, -0.15) is 0 Å². The van der Waals surface area contributed by atoms with Gasteiger partial charge in [0.1, 0.15) is 9.67 Å². The number of alkyl halides is 4. The quantitative estimate of drug-likeness (QED) is 0.639. The SMILES string of the molecule is Cc1ccccc1C.ClC(Cl)C(Cl)Cl. The minimum atomic E-state index is -0.673. The van der Waals surface area contributed by atoms with Gasteiger partial charge in [0.2, 0.25) is 0 Å². The van der Waals surface area contributed by atoms with E-state index in [1.54, 1.807) is 0 Å². The summed E-state index contributed by atoms with van der Waals surface area (Å²) in [5.74, 6) is 0. The minimum absolute atomic E-state index is 0.673. The zero-order valence-electron chi connectivity index (χ0n) is 7.98. The highest BCUT2D eigenvalue weighted by molar-refractivity contribution is 6.56. The van der Waals surface area contributed by atoms with E-state index in [-0.39, 0.29) is 0 Å². The van der Waals surface area contributed by atoms with Crippen LogP contribution in [0.3, 0.4) is 0 Å². The van der Waals surface area contributed by atoms with E-state index in [0.717, 1.165) is 0 Å². The van der Waals surface area contributed by atoms with E-state index in [0.29, 0.717) is 0 Å². The molecular weight excluding hydrogens is 262 g/mol. The fourth-order valence-electron chi connectivity index (χ4n) is 0.663. The first-order chi connectivity index (χ1) is 6.45. The Morgan fingerprint density at radius 1 is 0.786 bits per heavy atom. The molecule has 0 saturated carbocycles. The molecule has 0 aliphatic heterocycles. The molecule has 0 unspecified atom stereocenters. The molecule has 0 atom stereocenters. The van der Waals surface area contributed by atoms with Gasteiger partial charge in [0, 0.05) is 0 Å². The number of hydrogen-bond donors (Lipinski definition) is 0. The monoisotopic (exact) mass is 272 g/mol. The molecule has 1 rings (SSSR count). The normalized spacial score (nSPS) is 10.0. The van der Waals surface area contributed by atoms with Crippen LogP contribution in [-0.2, 0) is 0 Å². The van der Waals surface area contributed by atoms with Crippen molar-refractivity contribution in [1.82, 2.24) is 0 Å². The predicted octanol–water partition coefficient (Wildman–Crippen LogP) is 4.90. The maximum Gasteiger partial charge on any atom is 0.137 e. The van der Waals surface area contributed by atoms with Crippen molar-refractivity contribution in [2.24, 2.45) is 0 Å². The van der Waals surface area contributed by atoms with Crippen LogP contribution in [0.2, 0.25) is 0 Å². The highest BCUT2D eigenvalue weighted by Gasteiger charge is 2.06. The molecule has 0 aliphatic rings. The van der Waals surface area contributed by atoms with Gasteiger partial charge in [-0.3, -0.25) is 0 Å². The van der Waals surface area contributed by atoms with Crippen molar-refractivity contribution in [2.75, 3.05) is 0 Å². The Labute approximate surface area is 105 Å². The van der Waals surface area contributed by atoms with Crippen LogP contribution in [0, 0.1) is 13.8 Å². The Kier molecular flexibility index (Phi) is 7.85. The van der Waals surface area contributed by atoms with Gasteiger partial charge in [-0.05, 0) is 25.0 Å². The molecular formula is C10H12Cl4. The molecule has 0 fully saturated rings. The fraction of sp³-hybridized carbons (Fsp3) is 0.400. The summed E-state index contributed by atoms with van der Waals surface area (Å²) in [6.45, 7) is 4.24. The molecule has 1 aromatic rings. The van der Waals surface area contributed by atoms with Gasteiger partial charge < -0.3 is 0 Å². The zero-order valence-corrected chi connectivity index (χ0v) is 11.0. The highest BCUT2D eigenvalue weighted by atomic mass is 35.5. The second-order valence-corrected chi connectivity index (χ2v) is 5.08. The Morgan fingerprint density at radius 3 is 1.21 bits per heavy atom. The lowest BCUT2D eigenvalue weighted by Crippen LogP contribution is -1.96. The summed E-state index contributed by atoms with van der Waals surface area (Å²) >= 11 is 20.5. The summed E-state index contributed by atoms with van der Waals surface area (Å²) < 4.78 is 0. The van der Waals surface area contributed by atoms with Gasteiger partial charge in [-0.1, -0.05) is 24.3 Å². The first-order valence-corrected chi connectivity index (χ1v) is 5.78. The first-order valence-electron chi connectivity index (χ1n) is 4.03. The highest BCUT2D eigenvalue weighted by Crippen LogP contribution is 2.16. The van der Waals surface area contributed by atoms with Crippen LogP contribution in [0.15, 0.2) is 24.3 Å². The van der Waals surface area contributed by atoms with Crippen molar-refractivity contribution < 1.29 is 0 Å². The van der Waals surface area contributed by atoms with Crippen molar-refractivity contribution in [3.05, 3.63) is 35.4 Å². The maximum atomic E-state index is 5.11. The van der Waals surface area contributed by atoms with E-state index in [2.05, 4.69) is 38.1 Å². The third-order valence-corrected chi connectivity index (χ3v) is 3.14. The topological polar surface area (TPSA) is 0 Å². The second-order valence-electron chi connectivity index (χ2n) is 2.75. The number of benzene rings is 1. The average Bonchev–Trinajstić information content (AvgIpc) is 2.11. The van der Waals surface area contributed by atoms with Gasteiger partial charge in [-0.15, -0.1) is 46.4 Å². The largest absolute Gasteiger partial charge is 0.137 e. The van der Waals surface area contributed by atoms with Crippen LogP contribution in [-0.4, -0.2) is 9.67 Å². The number of aryl methyl sites for hydroxylation is 2. The van der Waals surface area contributed by atoms with Gasteiger partial charge >= 0.3 is 0 Å². The summed E-state index contributed by atoms with van der Waals surface area (Å²) in [7, 11) is 0. The van der Waals surface area contributed by atoms with E-state index in [9.17, 15) is 0 Å². The zero-order chi connectivity index (χ0) is 11.1. The van der Waals surface area contributed by atoms with Crippen molar-refractivity contribution in [2.45, 2.75) is 23.5 Å². The molecule has 0 N–H and O–H groups in total. The molecule has 0 aliphatic carbocycles. The Balaban J connectivity index is 0.000000255. The predicted molar refractivity (Wildman–Crippen MR) is 66.9 cm³/mol. The summed E-state index contributed by atoms with van der Waals surface area (Å²) in [6.07, 6.45) is 0. The van der Waals surface area contributed by atoms with Gasteiger partial charge in [-0.25, -0.2) is 0 Å². The average molecular weight is 274 g/mol. The molecule has 0 heterocycles. The number of halogens is 4. The van der Waals surface area contributed by atoms with Gasteiger partial charge in [0.05, 0.1) is 0 Å². The molecule has 0 bridgehead atoms. The van der Waals surface area contributed by atoms with Crippen LogP contribution in [0.1, 0.15) is 11.1 Å². The molecule has 0 aromatic heterocycles. The van der Waals surface area contributed by atoms with Crippen LogP contribution in [0.25, 0.3) is 0 Å². The van der Waals surface area contributed by atoms with Crippen molar-refractivity contribution >= 4 is 46.4 Å². The molecule has 14 heavy (non-hydrogen) atoms. The van der Waals surface area contributed by atoms with Crippen molar-refractivity contribution in [3.8, 4) is 0 Å². The maximum absolute atomic E-state index is 5.11. The standard InChI is InChI=1S/C8H10.C2H2Cl4/c1-7-5-3-4-6-8(7)2;3-1(4)2(5)6/h3-6H,1-2H3;1-2H. The summed E-state index contributed by atoms with van der Waals surface area (Å²) in [4.78, 5) is -1.35. The van der Waals surface area contributed by atoms with E-state index in [4.69, 9.17) is 46.4 Å². The molecule has 0 radical (unpaired) electrons. The Bertz CT molecular complexity index is 231. The minimum Gasteiger partial charge on any atom is -0.102 e. The van der Waals surface area contributed by atoms with Crippen molar-refractivity contribution in [3.63, 3.8) is 0 Å². The van der Waals surface area contributed by atoms with Crippen LogP contribution in [0.4, 0.5) is 0 Å². The molecule has 0 saturated heterocycles. The van der Waals surface area contributed by atoms with Crippen molar-refractivity contribution in [1.29, 1.82) is 0 Å². The molecule has 1 aromatic carbocycles. The summed E-state index contributed by atoms with van der Waals surface area (Å²) in [6, 6.07) is 8.36. The lowest BCUT2D eigenvalue weighted by Gasteiger charge is -1.95. The lowest BCUT2D eigenvalue weighted by molar-refractivity contribution is 1.29. The van der Waals surface area contributed by atoms with Gasteiger partial charge in [0.15, 0.2) is 0 Å². The molecule has 4 heteroatoms. The number of rotatable bonds is 1. The van der Waals surface area contributed by atoms with E-state index in [1.807, 2.05) is 0 Å². The summed E-state index contributed by atoms with van der Waals surface area (Å²) in [5, 5.41) is 0. The van der Waals surface area contributed by atoms with E-state index < -0.39 is 9.67 Å². The third kappa shape index (κ3) is 6.78. The lowest BCUT2D eigenvalue weighted by atomic mass is 10.1. The smallest absolute Gasteiger partial charge is 0.102 e. The fourth-order valence-corrected chi connectivity index (χ4v) is 0.663. The molecule has 0 nitrogen and oxygen atoms in total. The molecule has 80 valence electrons. The van der Waals surface area contributed by atoms with Gasteiger partial charge in [0.25, 0.3) is 0 Å². The molecule has 0 spiro atoms. The van der Waals surface area contributed by atoms with Crippen LogP contribution >= 0.6 is 46.4 Å². The first kappa shape index (κ1) is 14.4. The number of hydrogen-bond acceptors (Lipinski definition) is 0. The third-order valence-electron chi connectivity index (χ3n) is 1.62. The molecule has 0 amide bonds. The van der Waals surface area contributed by atoms with Crippen LogP contribution < -0.4 is 0 Å². The Morgan fingerprint density at radius 2 is 1.07 bits per heavy atom. The second kappa shape index (κ2) is 7.64. The van der Waals surface area contributed by atoms with E-state index in [1.165, 1.54) is 11.1 Å². The summed E-state index contributed by atoms with van der Waals surface area (Å²) in [5.41, 5.74) is 2.74.